The van der Waals surface area contributed by atoms with E-state index >= 15 is 0 Å². The number of para-hydroxylation sites is 1. The van der Waals surface area contributed by atoms with E-state index in [0.717, 1.165) is 11.4 Å². The third kappa shape index (κ3) is 2.76. The number of nitrogens with zero attached hydrogens (tertiary/aromatic N) is 3. The highest BCUT2D eigenvalue weighted by Crippen LogP contribution is 2.07. The van der Waals surface area contributed by atoms with Gasteiger partial charge in [-0.15, -0.1) is 5.10 Å². The van der Waals surface area contributed by atoms with Crippen molar-refractivity contribution >= 4 is 0 Å². The standard InChI is InChI=1S/C14H16N4/c1-11(2)14(15)9-8-13-10-16-17-18(13)12-6-4-3-5-7-12/h3-7,10-11,14H,15H2,1-2H3. The average molecular weight is 240 g/mol. The van der Waals surface area contributed by atoms with Crippen LogP contribution in [0.2, 0.25) is 0 Å². The molecule has 0 radical (unpaired) electrons. The highest BCUT2D eigenvalue weighted by molar-refractivity contribution is 5.37. The molecule has 2 aromatic rings. The first-order valence-corrected chi connectivity index (χ1v) is 5.91. The summed E-state index contributed by atoms with van der Waals surface area (Å²) in [7, 11) is 0. The average Bonchev–Trinajstić information content (AvgIpc) is 2.85. The van der Waals surface area contributed by atoms with Gasteiger partial charge in [0.1, 0.15) is 5.69 Å². The van der Waals surface area contributed by atoms with Crippen LogP contribution < -0.4 is 5.73 Å². The van der Waals surface area contributed by atoms with E-state index in [1.54, 1.807) is 10.9 Å². The van der Waals surface area contributed by atoms with E-state index < -0.39 is 0 Å². The number of nitrogens with two attached hydrogens (primary N) is 1. The van der Waals surface area contributed by atoms with Gasteiger partial charge in [-0.05, 0) is 24.0 Å². The fourth-order valence-corrected chi connectivity index (χ4v) is 1.40. The third-order valence-corrected chi connectivity index (χ3v) is 2.64. The lowest BCUT2D eigenvalue weighted by Gasteiger charge is -2.06. The van der Waals surface area contributed by atoms with Gasteiger partial charge in [0.2, 0.25) is 0 Å². The molecule has 0 aliphatic carbocycles. The van der Waals surface area contributed by atoms with Gasteiger partial charge in [-0.25, -0.2) is 4.68 Å². The molecular formula is C14H16N4. The molecule has 0 saturated carbocycles. The van der Waals surface area contributed by atoms with Gasteiger partial charge < -0.3 is 5.73 Å². The Morgan fingerprint density at radius 3 is 2.61 bits per heavy atom. The minimum Gasteiger partial charge on any atom is -0.317 e. The van der Waals surface area contributed by atoms with Crippen LogP contribution >= 0.6 is 0 Å². The highest BCUT2D eigenvalue weighted by atomic mass is 15.4. The Hall–Kier alpha value is -2.12. The summed E-state index contributed by atoms with van der Waals surface area (Å²) < 4.78 is 1.71. The number of rotatable bonds is 2. The van der Waals surface area contributed by atoms with E-state index in [1.165, 1.54) is 0 Å². The molecule has 4 nitrogen and oxygen atoms in total. The van der Waals surface area contributed by atoms with Gasteiger partial charge in [-0.2, -0.15) is 0 Å². The number of aromatic nitrogens is 3. The molecule has 4 heteroatoms. The maximum atomic E-state index is 5.90. The number of benzene rings is 1. The summed E-state index contributed by atoms with van der Waals surface area (Å²) in [5.41, 5.74) is 7.59. The molecule has 92 valence electrons. The first-order chi connectivity index (χ1) is 8.68. The monoisotopic (exact) mass is 240 g/mol. The topological polar surface area (TPSA) is 56.7 Å². The summed E-state index contributed by atoms with van der Waals surface area (Å²) in [6.07, 6.45) is 1.65. The Morgan fingerprint density at radius 1 is 1.22 bits per heavy atom. The molecule has 1 aromatic carbocycles. The lowest BCUT2D eigenvalue weighted by Crippen LogP contribution is -2.24. The molecule has 1 unspecified atom stereocenters. The van der Waals surface area contributed by atoms with E-state index in [2.05, 4.69) is 22.2 Å². The van der Waals surface area contributed by atoms with Crippen molar-refractivity contribution in [3.8, 4) is 17.5 Å². The molecule has 1 heterocycles. The summed E-state index contributed by atoms with van der Waals surface area (Å²) in [4.78, 5) is 0. The van der Waals surface area contributed by atoms with Gasteiger partial charge in [-0.3, -0.25) is 0 Å². The van der Waals surface area contributed by atoms with Crippen molar-refractivity contribution in [2.24, 2.45) is 11.7 Å². The molecule has 0 aliphatic rings. The Balaban J connectivity index is 2.29. The van der Waals surface area contributed by atoms with Gasteiger partial charge in [0.15, 0.2) is 0 Å². The van der Waals surface area contributed by atoms with Crippen molar-refractivity contribution in [2.45, 2.75) is 19.9 Å². The second kappa shape index (κ2) is 5.48. The van der Waals surface area contributed by atoms with Crippen LogP contribution in [0.25, 0.3) is 5.69 Å². The summed E-state index contributed by atoms with van der Waals surface area (Å²) in [6.45, 7) is 4.10. The maximum absolute atomic E-state index is 5.90. The molecule has 0 amide bonds. The Labute approximate surface area is 107 Å². The largest absolute Gasteiger partial charge is 0.317 e. The van der Waals surface area contributed by atoms with Crippen LogP contribution in [0.1, 0.15) is 19.5 Å². The van der Waals surface area contributed by atoms with E-state index in [1.807, 2.05) is 44.2 Å². The smallest absolute Gasteiger partial charge is 0.137 e. The quantitative estimate of drug-likeness (QED) is 0.811. The van der Waals surface area contributed by atoms with Crippen LogP contribution in [0.4, 0.5) is 0 Å². The van der Waals surface area contributed by atoms with Crippen molar-refractivity contribution < 1.29 is 0 Å². The Morgan fingerprint density at radius 2 is 1.94 bits per heavy atom. The second-order valence-electron chi connectivity index (χ2n) is 4.41. The summed E-state index contributed by atoms with van der Waals surface area (Å²) in [6, 6.07) is 9.65. The second-order valence-corrected chi connectivity index (χ2v) is 4.41. The van der Waals surface area contributed by atoms with Crippen LogP contribution in [0, 0.1) is 17.8 Å². The third-order valence-electron chi connectivity index (χ3n) is 2.64. The predicted octanol–water partition coefficient (Wildman–Crippen LogP) is 1.60. The summed E-state index contributed by atoms with van der Waals surface area (Å²) >= 11 is 0. The van der Waals surface area contributed by atoms with Crippen molar-refractivity contribution in [3.63, 3.8) is 0 Å². The number of hydrogen-bond donors (Lipinski definition) is 1. The SMILES string of the molecule is CC(C)C(N)C#Cc1cnnn1-c1ccccc1. The molecule has 2 N–H and O–H groups in total. The van der Waals surface area contributed by atoms with Crippen molar-refractivity contribution in [1.29, 1.82) is 0 Å². The van der Waals surface area contributed by atoms with E-state index in [-0.39, 0.29) is 6.04 Å². The van der Waals surface area contributed by atoms with Crippen LogP contribution in [-0.2, 0) is 0 Å². The fraction of sp³-hybridized carbons (Fsp3) is 0.286. The zero-order valence-electron chi connectivity index (χ0n) is 10.5. The molecular weight excluding hydrogens is 224 g/mol. The molecule has 1 aromatic heterocycles. The van der Waals surface area contributed by atoms with Crippen LogP contribution in [0.15, 0.2) is 36.5 Å². The molecule has 0 fully saturated rings. The lowest BCUT2D eigenvalue weighted by molar-refractivity contribution is 0.584. The van der Waals surface area contributed by atoms with Gasteiger partial charge >= 0.3 is 0 Å². The molecule has 0 spiro atoms. The van der Waals surface area contributed by atoms with Crippen LogP contribution in [0.5, 0.6) is 0 Å². The first kappa shape index (κ1) is 12.3. The van der Waals surface area contributed by atoms with Gasteiger partial charge in [0.05, 0.1) is 17.9 Å². The molecule has 2 rings (SSSR count). The fourth-order valence-electron chi connectivity index (χ4n) is 1.40. The van der Waals surface area contributed by atoms with Crippen LogP contribution in [-0.4, -0.2) is 21.0 Å². The van der Waals surface area contributed by atoms with E-state index in [0.29, 0.717) is 5.92 Å². The van der Waals surface area contributed by atoms with Crippen molar-refractivity contribution in [1.82, 2.24) is 15.0 Å². The van der Waals surface area contributed by atoms with E-state index in [9.17, 15) is 0 Å². The van der Waals surface area contributed by atoms with Gasteiger partial charge in [-0.1, -0.05) is 43.2 Å². The number of hydrogen-bond acceptors (Lipinski definition) is 3. The zero-order valence-corrected chi connectivity index (χ0v) is 10.5. The minimum atomic E-state index is -0.135. The lowest BCUT2D eigenvalue weighted by atomic mass is 10.1. The maximum Gasteiger partial charge on any atom is 0.137 e. The van der Waals surface area contributed by atoms with Crippen molar-refractivity contribution in [3.05, 3.63) is 42.2 Å². The van der Waals surface area contributed by atoms with Gasteiger partial charge in [0.25, 0.3) is 0 Å². The highest BCUT2D eigenvalue weighted by Gasteiger charge is 2.05. The van der Waals surface area contributed by atoms with E-state index in [4.69, 9.17) is 5.73 Å². The molecule has 0 bridgehead atoms. The Kier molecular flexibility index (Phi) is 3.75. The first-order valence-electron chi connectivity index (χ1n) is 5.91. The molecule has 0 saturated heterocycles. The van der Waals surface area contributed by atoms with Crippen LogP contribution in [0.3, 0.4) is 0 Å². The predicted molar refractivity (Wildman–Crippen MR) is 71.1 cm³/mol. The Bertz CT molecular complexity index is 560. The zero-order chi connectivity index (χ0) is 13.0. The van der Waals surface area contributed by atoms with Crippen molar-refractivity contribution in [2.75, 3.05) is 0 Å². The van der Waals surface area contributed by atoms with Gasteiger partial charge in [0, 0.05) is 0 Å². The molecule has 1 atom stereocenters. The summed E-state index contributed by atoms with van der Waals surface area (Å²) in [5, 5.41) is 7.92. The molecule has 0 aliphatic heterocycles. The minimum absolute atomic E-state index is 0.135. The molecule has 18 heavy (non-hydrogen) atoms. The summed E-state index contributed by atoms with van der Waals surface area (Å²) in [5.74, 6) is 6.39. The normalized spacial score (nSPS) is 12.0.